The molecule has 3 heterocycles. The van der Waals surface area contributed by atoms with Crippen LogP contribution in [0.15, 0.2) is 41.4 Å². The van der Waals surface area contributed by atoms with Gasteiger partial charge in [0.15, 0.2) is 11.5 Å². The summed E-state index contributed by atoms with van der Waals surface area (Å²) in [5, 5.41) is 10.4. The summed E-state index contributed by atoms with van der Waals surface area (Å²) < 4.78 is 41.9. The van der Waals surface area contributed by atoms with Crippen LogP contribution in [-0.2, 0) is 9.53 Å². The Morgan fingerprint density at radius 3 is 2.41 bits per heavy atom. The van der Waals surface area contributed by atoms with Crippen molar-refractivity contribution < 1.29 is 37.7 Å². The van der Waals surface area contributed by atoms with Gasteiger partial charge in [0.05, 0.1) is 44.7 Å². The Balaban J connectivity index is 1.17. The molecule has 2 aromatic carbocycles. The number of piperazine rings is 1. The number of carbonyl (C=O) groups excluding carboxylic acids is 2. The lowest BCUT2D eigenvalue weighted by atomic mass is 9.74. The monoisotopic (exact) mass is 612 g/mol. The number of aliphatic imine (C=N–C) groups is 1. The van der Waals surface area contributed by atoms with Crippen molar-refractivity contribution in [2.75, 3.05) is 66.1 Å². The third-order valence-electron chi connectivity index (χ3n) is 9.07. The SMILES string of the molecule is COc1cc2c(cc1OC(F)F)C1CC(O)CCC1N=C2c1ccc(C(=O)N2CCN(CC(=O)N3CCOCC3)CC2)cc1. The van der Waals surface area contributed by atoms with Crippen molar-refractivity contribution >= 4 is 17.5 Å². The first-order chi connectivity index (χ1) is 21.3. The Labute approximate surface area is 255 Å². The van der Waals surface area contributed by atoms with Gasteiger partial charge >= 0.3 is 6.61 Å². The summed E-state index contributed by atoms with van der Waals surface area (Å²) in [6, 6.07) is 10.5. The molecule has 10 nitrogen and oxygen atoms in total. The van der Waals surface area contributed by atoms with Crippen LogP contribution >= 0.6 is 0 Å². The zero-order chi connectivity index (χ0) is 30.8. The Kier molecular flexibility index (Phi) is 9.11. The summed E-state index contributed by atoms with van der Waals surface area (Å²) in [5.74, 6) is 0.0181. The second-order valence-electron chi connectivity index (χ2n) is 11.7. The van der Waals surface area contributed by atoms with E-state index in [2.05, 4.69) is 4.90 Å². The van der Waals surface area contributed by atoms with E-state index in [1.54, 1.807) is 24.3 Å². The summed E-state index contributed by atoms with van der Waals surface area (Å²) in [4.78, 5) is 36.8. The van der Waals surface area contributed by atoms with Crippen molar-refractivity contribution in [1.29, 1.82) is 0 Å². The standard InChI is InChI=1S/C32H38F2N4O6/c1-42-27-18-25-23(17-28(27)44-32(33)34)24-16-22(39)6-7-26(24)35-30(25)20-2-4-21(5-3-20)31(41)38-10-8-36(9-11-38)19-29(40)37-12-14-43-15-13-37/h2-5,17-18,22,24,26,32,39H,6-16,19H2,1H3. The number of benzene rings is 2. The number of fused-ring (bicyclic) bond motifs is 3. The van der Waals surface area contributed by atoms with Gasteiger partial charge in [0.1, 0.15) is 0 Å². The van der Waals surface area contributed by atoms with Gasteiger partial charge in [-0.3, -0.25) is 19.5 Å². The molecule has 1 saturated carbocycles. The van der Waals surface area contributed by atoms with E-state index in [9.17, 15) is 23.5 Å². The number of nitrogens with zero attached hydrogens (tertiary/aromatic N) is 4. The first kappa shape index (κ1) is 30.4. The zero-order valence-corrected chi connectivity index (χ0v) is 24.8. The molecule has 0 spiro atoms. The minimum absolute atomic E-state index is 0.0483. The molecule has 3 aliphatic heterocycles. The van der Waals surface area contributed by atoms with E-state index in [0.717, 1.165) is 16.7 Å². The fourth-order valence-corrected chi connectivity index (χ4v) is 6.69. The van der Waals surface area contributed by atoms with E-state index in [1.165, 1.54) is 7.11 Å². The number of aliphatic hydroxyl groups is 1. The highest BCUT2D eigenvalue weighted by Gasteiger charge is 2.37. The maximum atomic E-state index is 13.4. The Morgan fingerprint density at radius 1 is 1.00 bits per heavy atom. The van der Waals surface area contributed by atoms with Gasteiger partial charge in [0, 0.05) is 61.9 Å². The summed E-state index contributed by atoms with van der Waals surface area (Å²) in [5.41, 5.74) is 3.57. The van der Waals surface area contributed by atoms with Crippen LogP contribution in [0.5, 0.6) is 11.5 Å². The molecule has 12 heteroatoms. The summed E-state index contributed by atoms with van der Waals surface area (Å²) in [7, 11) is 1.40. The number of halogens is 2. The highest BCUT2D eigenvalue weighted by molar-refractivity contribution is 6.15. The first-order valence-corrected chi connectivity index (χ1v) is 15.2. The molecule has 3 fully saturated rings. The third-order valence-corrected chi connectivity index (χ3v) is 9.07. The number of hydrogen-bond donors (Lipinski definition) is 1. The molecule has 0 bridgehead atoms. The van der Waals surface area contributed by atoms with Gasteiger partial charge in [0.25, 0.3) is 5.91 Å². The van der Waals surface area contributed by atoms with Crippen molar-refractivity contribution in [3.05, 3.63) is 58.7 Å². The predicted molar refractivity (Wildman–Crippen MR) is 158 cm³/mol. The second kappa shape index (κ2) is 13.2. The number of aliphatic hydroxyl groups excluding tert-OH is 1. The van der Waals surface area contributed by atoms with Gasteiger partial charge in [-0.05, 0) is 49.1 Å². The van der Waals surface area contributed by atoms with Gasteiger partial charge in [-0.15, -0.1) is 0 Å². The van der Waals surface area contributed by atoms with E-state index in [-0.39, 0.29) is 35.3 Å². The van der Waals surface area contributed by atoms with Crippen LogP contribution in [0, 0.1) is 0 Å². The smallest absolute Gasteiger partial charge is 0.387 e. The number of hydrogen-bond acceptors (Lipinski definition) is 8. The summed E-state index contributed by atoms with van der Waals surface area (Å²) in [6.45, 7) is 2.07. The van der Waals surface area contributed by atoms with Crippen LogP contribution in [0.2, 0.25) is 0 Å². The quantitative estimate of drug-likeness (QED) is 0.513. The van der Waals surface area contributed by atoms with Crippen molar-refractivity contribution in [3.63, 3.8) is 0 Å². The Hall–Kier alpha value is -3.61. The van der Waals surface area contributed by atoms with Gasteiger partial charge in [-0.25, -0.2) is 0 Å². The highest BCUT2D eigenvalue weighted by Crippen LogP contribution is 2.45. The number of amides is 2. The fourth-order valence-electron chi connectivity index (χ4n) is 6.69. The molecule has 3 unspecified atom stereocenters. The molecule has 0 radical (unpaired) electrons. The lowest BCUT2D eigenvalue weighted by Gasteiger charge is -2.37. The number of ether oxygens (including phenoxy) is 3. The Morgan fingerprint density at radius 2 is 1.73 bits per heavy atom. The minimum Gasteiger partial charge on any atom is -0.493 e. The van der Waals surface area contributed by atoms with E-state index >= 15 is 0 Å². The molecule has 0 aromatic heterocycles. The lowest BCUT2D eigenvalue weighted by Crippen LogP contribution is -2.52. The van der Waals surface area contributed by atoms with Crippen LogP contribution < -0.4 is 9.47 Å². The van der Waals surface area contributed by atoms with Gasteiger partial charge in [-0.2, -0.15) is 8.78 Å². The molecule has 4 aliphatic rings. The van der Waals surface area contributed by atoms with Crippen LogP contribution in [0.25, 0.3) is 0 Å². The molecule has 44 heavy (non-hydrogen) atoms. The highest BCUT2D eigenvalue weighted by atomic mass is 19.3. The normalized spacial score (nSPS) is 23.9. The predicted octanol–water partition coefficient (Wildman–Crippen LogP) is 2.76. The number of rotatable bonds is 7. The largest absolute Gasteiger partial charge is 0.493 e. The first-order valence-electron chi connectivity index (χ1n) is 15.2. The van der Waals surface area contributed by atoms with Crippen LogP contribution in [-0.4, -0.2) is 122 Å². The van der Waals surface area contributed by atoms with E-state index < -0.39 is 12.7 Å². The summed E-state index contributed by atoms with van der Waals surface area (Å²) >= 11 is 0. The maximum absolute atomic E-state index is 13.4. The number of carbonyl (C=O) groups is 2. The molecular formula is C32H38F2N4O6. The van der Waals surface area contributed by atoms with Crippen LogP contribution in [0.1, 0.15) is 52.2 Å². The van der Waals surface area contributed by atoms with Crippen molar-refractivity contribution in [2.45, 2.75) is 43.9 Å². The van der Waals surface area contributed by atoms with Gasteiger partial charge in [-0.1, -0.05) is 12.1 Å². The average Bonchev–Trinajstić information content (AvgIpc) is 3.04. The lowest BCUT2D eigenvalue weighted by molar-refractivity contribution is -0.136. The Bertz CT molecular complexity index is 1390. The van der Waals surface area contributed by atoms with E-state index in [4.69, 9.17) is 19.2 Å². The zero-order valence-electron chi connectivity index (χ0n) is 24.8. The number of alkyl halides is 2. The molecule has 2 amide bonds. The number of methoxy groups -OCH3 is 1. The van der Waals surface area contributed by atoms with Crippen LogP contribution in [0.3, 0.4) is 0 Å². The molecule has 2 saturated heterocycles. The minimum atomic E-state index is -3.00. The molecule has 236 valence electrons. The maximum Gasteiger partial charge on any atom is 0.387 e. The van der Waals surface area contributed by atoms with Gasteiger partial charge < -0.3 is 29.1 Å². The van der Waals surface area contributed by atoms with E-state index in [1.807, 2.05) is 21.9 Å². The number of morpholine rings is 1. The summed E-state index contributed by atoms with van der Waals surface area (Å²) in [6.07, 6.45) is 1.29. The second-order valence-corrected chi connectivity index (χ2v) is 11.7. The molecular weight excluding hydrogens is 574 g/mol. The molecule has 6 rings (SSSR count). The molecule has 1 N–H and O–H groups in total. The van der Waals surface area contributed by atoms with Crippen molar-refractivity contribution in [2.24, 2.45) is 4.99 Å². The third kappa shape index (κ3) is 6.43. The average molecular weight is 613 g/mol. The van der Waals surface area contributed by atoms with Crippen LogP contribution in [0.4, 0.5) is 8.78 Å². The topological polar surface area (TPSA) is 104 Å². The van der Waals surface area contributed by atoms with Gasteiger partial charge in [0.2, 0.25) is 5.91 Å². The molecule has 3 atom stereocenters. The van der Waals surface area contributed by atoms with Crippen molar-refractivity contribution in [3.8, 4) is 11.5 Å². The molecule has 2 aromatic rings. The van der Waals surface area contributed by atoms with E-state index in [0.29, 0.717) is 89.6 Å². The van der Waals surface area contributed by atoms with Crippen molar-refractivity contribution in [1.82, 2.24) is 14.7 Å². The molecule has 1 aliphatic carbocycles. The fraction of sp³-hybridized carbons (Fsp3) is 0.531.